The number of ether oxygens (including phenoxy) is 1. The van der Waals surface area contributed by atoms with Crippen LogP contribution < -0.4 is 5.32 Å². The number of carbonyl (C=O) groups excluding carboxylic acids is 1. The maximum Gasteiger partial charge on any atom is 0.307 e. The monoisotopic (exact) mass is 245 g/mol. The van der Waals surface area contributed by atoms with Gasteiger partial charge in [0.1, 0.15) is 5.60 Å². The molecule has 0 aliphatic rings. The first kappa shape index (κ1) is 16.4. The Morgan fingerprint density at radius 2 is 1.88 bits per heavy atom. The molecule has 0 aromatic carbocycles. The van der Waals surface area contributed by atoms with E-state index in [1.165, 1.54) is 0 Å². The van der Waals surface area contributed by atoms with Crippen LogP contribution in [0, 0.1) is 0 Å². The highest BCUT2D eigenvalue weighted by molar-refractivity contribution is 5.70. The van der Waals surface area contributed by atoms with Gasteiger partial charge in [0.25, 0.3) is 0 Å². The summed E-state index contributed by atoms with van der Waals surface area (Å²) in [4.78, 5) is 11.5. The summed E-state index contributed by atoms with van der Waals surface area (Å²) >= 11 is 0. The lowest BCUT2D eigenvalue weighted by Gasteiger charge is -2.29. The second kappa shape index (κ2) is 6.97. The van der Waals surface area contributed by atoms with E-state index in [1.54, 1.807) is 0 Å². The molecule has 0 aliphatic heterocycles. The molecule has 0 saturated heterocycles. The van der Waals surface area contributed by atoms with Gasteiger partial charge in [-0.15, -0.1) is 0 Å². The van der Waals surface area contributed by atoms with Crippen LogP contribution in [0.4, 0.5) is 0 Å². The summed E-state index contributed by atoms with van der Waals surface area (Å²) in [6.07, 6.45) is 1.97. The number of hydrogen-bond acceptors (Lipinski definition) is 4. The average Bonchev–Trinajstić information content (AvgIpc) is 2.15. The van der Waals surface area contributed by atoms with Gasteiger partial charge in [-0.1, -0.05) is 6.92 Å². The first-order valence-corrected chi connectivity index (χ1v) is 6.30. The Morgan fingerprint density at radius 3 is 2.29 bits per heavy atom. The zero-order valence-electron chi connectivity index (χ0n) is 11.8. The van der Waals surface area contributed by atoms with E-state index in [0.717, 1.165) is 6.42 Å². The Kier molecular flexibility index (Phi) is 6.72. The number of aliphatic hydroxyl groups excluding tert-OH is 1. The predicted molar refractivity (Wildman–Crippen MR) is 68.9 cm³/mol. The summed E-state index contributed by atoms with van der Waals surface area (Å²) in [6.45, 7) is 10.4. The Hall–Kier alpha value is -0.610. The summed E-state index contributed by atoms with van der Waals surface area (Å²) < 4.78 is 5.22. The SMILES string of the molecule is CCC(C)(CCO)NCCC(=O)OC(C)(C)C. The molecule has 0 aliphatic carbocycles. The summed E-state index contributed by atoms with van der Waals surface area (Å²) in [6, 6.07) is 0. The van der Waals surface area contributed by atoms with Crippen LogP contribution in [-0.2, 0) is 9.53 Å². The zero-order chi connectivity index (χ0) is 13.5. The Balaban J connectivity index is 3.93. The summed E-state index contributed by atoms with van der Waals surface area (Å²) in [7, 11) is 0. The van der Waals surface area contributed by atoms with Crippen LogP contribution in [0.1, 0.15) is 53.9 Å². The van der Waals surface area contributed by atoms with Crippen molar-refractivity contribution in [1.82, 2.24) is 5.32 Å². The van der Waals surface area contributed by atoms with Gasteiger partial charge in [0.05, 0.1) is 6.42 Å². The van der Waals surface area contributed by atoms with Gasteiger partial charge in [-0.3, -0.25) is 4.79 Å². The molecule has 0 spiro atoms. The van der Waals surface area contributed by atoms with Gasteiger partial charge in [0, 0.05) is 18.7 Å². The van der Waals surface area contributed by atoms with Crippen LogP contribution >= 0.6 is 0 Å². The highest BCUT2D eigenvalue weighted by Crippen LogP contribution is 2.14. The van der Waals surface area contributed by atoms with Crippen LogP contribution in [0.15, 0.2) is 0 Å². The molecule has 0 rings (SSSR count). The van der Waals surface area contributed by atoms with E-state index in [4.69, 9.17) is 9.84 Å². The van der Waals surface area contributed by atoms with Crippen LogP contribution in [0.3, 0.4) is 0 Å². The fourth-order valence-corrected chi connectivity index (χ4v) is 1.50. The van der Waals surface area contributed by atoms with Crippen LogP contribution in [0.2, 0.25) is 0 Å². The van der Waals surface area contributed by atoms with Crippen molar-refractivity contribution in [2.24, 2.45) is 0 Å². The molecule has 0 bridgehead atoms. The second-order valence-electron chi connectivity index (χ2n) is 5.65. The smallest absolute Gasteiger partial charge is 0.307 e. The lowest BCUT2D eigenvalue weighted by molar-refractivity contribution is -0.154. The van der Waals surface area contributed by atoms with E-state index < -0.39 is 5.60 Å². The van der Waals surface area contributed by atoms with Gasteiger partial charge in [-0.25, -0.2) is 0 Å². The summed E-state index contributed by atoms with van der Waals surface area (Å²) in [5, 5.41) is 12.3. The van der Waals surface area contributed by atoms with E-state index in [1.807, 2.05) is 20.8 Å². The third kappa shape index (κ3) is 8.16. The van der Waals surface area contributed by atoms with Crippen molar-refractivity contribution in [1.29, 1.82) is 0 Å². The predicted octanol–water partition coefficient (Wildman–Crippen LogP) is 1.86. The van der Waals surface area contributed by atoms with Crippen molar-refractivity contribution in [3.8, 4) is 0 Å². The van der Waals surface area contributed by atoms with Crippen LogP contribution in [0.5, 0.6) is 0 Å². The molecule has 0 fully saturated rings. The zero-order valence-corrected chi connectivity index (χ0v) is 11.8. The molecular weight excluding hydrogens is 218 g/mol. The quantitative estimate of drug-likeness (QED) is 0.672. The molecule has 2 N–H and O–H groups in total. The van der Waals surface area contributed by atoms with Gasteiger partial charge in [-0.2, -0.15) is 0 Å². The minimum absolute atomic E-state index is 0.100. The van der Waals surface area contributed by atoms with Gasteiger partial charge >= 0.3 is 5.97 Å². The van der Waals surface area contributed by atoms with Crippen molar-refractivity contribution >= 4 is 5.97 Å². The molecule has 0 aromatic rings. The topological polar surface area (TPSA) is 58.6 Å². The first-order valence-electron chi connectivity index (χ1n) is 6.30. The summed E-state index contributed by atoms with van der Waals surface area (Å²) in [5.74, 6) is -0.188. The van der Waals surface area contributed by atoms with Gasteiger partial charge < -0.3 is 15.2 Å². The molecule has 0 saturated carbocycles. The lowest BCUT2D eigenvalue weighted by atomic mass is 9.95. The molecule has 4 heteroatoms. The summed E-state index contributed by atoms with van der Waals surface area (Å²) in [5.41, 5.74) is -0.521. The molecule has 1 unspecified atom stereocenters. The van der Waals surface area contributed by atoms with E-state index in [-0.39, 0.29) is 18.1 Å². The maximum atomic E-state index is 11.5. The largest absolute Gasteiger partial charge is 0.460 e. The van der Waals surface area contributed by atoms with E-state index in [2.05, 4.69) is 19.2 Å². The number of nitrogens with one attached hydrogen (secondary N) is 1. The number of esters is 1. The third-order valence-corrected chi connectivity index (χ3v) is 2.74. The molecule has 0 amide bonds. The fourth-order valence-electron chi connectivity index (χ4n) is 1.50. The number of carbonyl (C=O) groups is 1. The van der Waals surface area contributed by atoms with E-state index >= 15 is 0 Å². The van der Waals surface area contributed by atoms with Crippen molar-refractivity contribution in [2.75, 3.05) is 13.2 Å². The molecule has 4 nitrogen and oxygen atoms in total. The van der Waals surface area contributed by atoms with Gasteiger partial charge in [-0.05, 0) is 40.5 Å². The Morgan fingerprint density at radius 1 is 1.29 bits per heavy atom. The molecule has 0 radical (unpaired) electrons. The minimum Gasteiger partial charge on any atom is -0.460 e. The van der Waals surface area contributed by atoms with Gasteiger partial charge in [0.2, 0.25) is 0 Å². The fraction of sp³-hybridized carbons (Fsp3) is 0.923. The molecule has 17 heavy (non-hydrogen) atoms. The number of rotatable bonds is 7. The van der Waals surface area contributed by atoms with E-state index in [9.17, 15) is 4.79 Å². The molecule has 102 valence electrons. The van der Waals surface area contributed by atoms with Crippen molar-refractivity contribution in [3.05, 3.63) is 0 Å². The lowest BCUT2D eigenvalue weighted by Crippen LogP contribution is -2.43. The Bertz CT molecular complexity index is 235. The Labute approximate surface area is 105 Å². The van der Waals surface area contributed by atoms with Crippen molar-refractivity contribution in [3.63, 3.8) is 0 Å². The second-order valence-corrected chi connectivity index (χ2v) is 5.65. The van der Waals surface area contributed by atoms with Crippen LogP contribution in [-0.4, -0.2) is 35.4 Å². The van der Waals surface area contributed by atoms with Crippen molar-refractivity contribution < 1.29 is 14.6 Å². The van der Waals surface area contributed by atoms with Crippen molar-refractivity contribution in [2.45, 2.75) is 65.0 Å². The minimum atomic E-state index is -0.420. The highest BCUT2D eigenvalue weighted by atomic mass is 16.6. The molecular formula is C13H27NO3. The maximum absolute atomic E-state index is 11.5. The normalized spacial score (nSPS) is 15.4. The number of hydrogen-bond donors (Lipinski definition) is 2. The van der Waals surface area contributed by atoms with Gasteiger partial charge in [0.15, 0.2) is 0 Å². The molecule has 1 atom stereocenters. The number of aliphatic hydroxyl groups is 1. The first-order chi connectivity index (χ1) is 7.72. The van der Waals surface area contributed by atoms with Crippen LogP contribution in [0.25, 0.3) is 0 Å². The van der Waals surface area contributed by atoms with E-state index in [0.29, 0.717) is 19.4 Å². The third-order valence-electron chi connectivity index (χ3n) is 2.74. The average molecular weight is 245 g/mol. The molecule has 0 heterocycles. The highest BCUT2D eigenvalue weighted by Gasteiger charge is 2.21. The standard InChI is InChI=1S/C13H27NO3/c1-6-13(5,8-10-15)14-9-7-11(16)17-12(2,3)4/h14-15H,6-10H2,1-5H3. The molecule has 0 aromatic heterocycles.